The van der Waals surface area contributed by atoms with E-state index in [4.69, 9.17) is 9.47 Å². The fourth-order valence-electron chi connectivity index (χ4n) is 1.20. The first-order chi connectivity index (χ1) is 5.70. The van der Waals surface area contributed by atoms with Crippen LogP contribution in [0.3, 0.4) is 0 Å². The molecule has 0 aliphatic carbocycles. The van der Waals surface area contributed by atoms with Gasteiger partial charge in [-0.1, -0.05) is 26.7 Å². The van der Waals surface area contributed by atoms with E-state index >= 15 is 0 Å². The summed E-state index contributed by atoms with van der Waals surface area (Å²) in [6.45, 7) is 4.51. The molecule has 0 saturated carbocycles. The Morgan fingerprint density at radius 2 is 1.42 bits per heavy atom. The van der Waals surface area contributed by atoms with Gasteiger partial charge in [0.2, 0.25) is 0 Å². The lowest BCUT2D eigenvalue weighted by Crippen LogP contribution is -2.12. The monoisotopic (exact) mass is 174 g/mol. The molecule has 0 aromatic heterocycles. The quantitative estimate of drug-likeness (QED) is 0.436. The summed E-state index contributed by atoms with van der Waals surface area (Å²) >= 11 is 0. The van der Waals surface area contributed by atoms with Crippen LogP contribution in [0, 0.1) is 5.92 Å². The molecule has 0 heterocycles. The van der Waals surface area contributed by atoms with Gasteiger partial charge in [-0.25, -0.2) is 0 Å². The predicted molar refractivity (Wildman–Crippen MR) is 51.1 cm³/mol. The van der Waals surface area contributed by atoms with Crippen molar-refractivity contribution in [2.45, 2.75) is 45.8 Å². The first kappa shape index (κ1) is 11.9. The zero-order valence-electron chi connectivity index (χ0n) is 8.80. The first-order valence-electron chi connectivity index (χ1n) is 4.76. The van der Waals surface area contributed by atoms with Crippen molar-refractivity contribution in [3.63, 3.8) is 0 Å². The summed E-state index contributed by atoms with van der Waals surface area (Å²) in [5.74, 6) is 0.813. The number of hydrogen-bond acceptors (Lipinski definition) is 2. The molecule has 0 aromatic rings. The molecule has 0 aromatic carbocycles. The van der Waals surface area contributed by atoms with Gasteiger partial charge in [0.1, 0.15) is 0 Å². The van der Waals surface area contributed by atoms with Gasteiger partial charge in [0.15, 0.2) is 6.29 Å². The van der Waals surface area contributed by atoms with E-state index in [1.165, 1.54) is 19.3 Å². The second kappa shape index (κ2) is 7.56. The fraction of sp³-hybridized carbons (Fsp3) is 1.00. The Morgan fingerprint density at radius 3 is 1.83 bits per heavy atom. The van der Waals surface area contributed by atoms with Crippen molar-refractivity contribution in [1.29, 1.82) is 0 Å². The summed E-state index contributed by atoms with van der Waals surface area (Å²) in [5.41, 5.74) is 0. The van der Waals surface area contributed by atoms with Crippen LogP contribution in [-0.4, -0.2) is 20.5 Å². The van der Waals surface area contributed by atoms with Crippen molar-refractivity contribution in [1.82, 2.24) is 0 Å². The summed E-state index contributed by atoms with van der Waals surface area (Å²) in [4.78, 5) is 0. The highest BCUT2D eigenvalue weighted by Gasteiger charge is 2.03. The van der Waals surface area contributed by atoms with E-state index in [0.29, 0.717) is 0 Å². The van der Waals surface area contributed by atoms with Crippen molar-refractivity contribution < 1.29 is 9.47 Å². The molecule has 0 unspecified atom stereocenters. The first-order valence-corrected chi connectivity index (χ1v) is 4.76. The highest BCUT2D eigenvalue weighted by Crippen LogP contribution is 2.10. The molecule has 0 bridgehead atoms. The molecule has 0 amide bonds. The van der Waals surface area contributed by atoms with E-state index in [0.717, 1.165) is 12.3 Å². The Labute approximate surface area is 76.3 Å². The summed E-state index contributed by atoms with van der Waals surface area (Å²) < 4.78 is 10.2. The molecule has 2 nitrogen and oxygen atoms in total. The molecule has 0 fully saturated rings. The van der Waals surface area contributed by atoms with Crippen LogP contribution >= 0.6 is 0 Å². The van der Waals surface area contributed by atoms with Gasteiger partial charge in [-0.3, -0.25) is 0 Å². The number of ether oxygens (including phenoxy) is 2. The van der Waals surface area contributed by atoms with E-state index in [1.807, 2.05) is 0 Å². The van der Waals surface area contributed by atoms with Crippen LogP contribution in [0.4, 0.5) is 0 Å². The molecule has 0 aliphatic rings. The number of hydrogen-bond donors (Lipinski definition) is 0. The minimum Gasteiger partial charge on any atom is -0.356 e. The molecular formula is C10H22O2. The van der Waals surface area contributed by atoms with Crippen LogP contribution in [0.25, 0.3) is 0 Å². The maximum atomic E-state index is 5.08. The third kappa shape index (κ3) is 6.62. The Morgan fingerprint density at radius 1 is 0.917 bits per heavy atom. The van der Waals surface area contributed by atoms with Gasteiger partial charge in [-0.2, -0.15) is 0 Å². The summed E-state index contributed by atoms with van der Waals surface area (Å²) in [6, 6.07) is 0. The molecule has 0 rings (SSSR count). The Bertz CT molecular complexity index is 87.8. The van der Waals surface area contributed by atoms with Crippen molar-refractivity contribution in [3.8, 4) is 0 Å². The second-order valence-electron chi connectivity index (χ2n) is 3.58. The van der Waals surface area contributed by atoms with Gasteiger partial charge in [-0.05, 0) is 18.8 Å². The minimum absolute atomic E-state index is 0.00263. The largest absolute Gasteiger partial charge is 0.356 e. The average molecular weight is 174 g/mol. The van der Waals surface area contributed by atoms with Crippen molar-refractivity contribution in [2.75, 3.05) is 14.2 Å². The Hall–Kier alpha value is -0.0800. The van der Waals surface area contributed by atoms with Crippen LogP contribution < -0.4 is 0 Å². The lowest BCUT2D eigenvalue weighted by Gasteiger charge is -2.12. The lowest BCUT2D eigenvalue weighted by atomic mass is 10.1. The van der Waals surface area contributed by atoms with Crippen LogP contribution in [0.15, 0.2) is 0 Å². The number of unbranched alkanes of at least 4 members (excludes halogenated alkanes) is 1. The zero-order valence-corrected chi connectivity index (χ0v) is 8.80. The van der Waals surface area contributed by atoms with Gasteiger partial charge in [-0.15, -0.1) is 0 Å². The summed E-state index contributed by atoms with van der Waals surface area (Å²) in [5, 5.41) is 0. The normalized spacial score (nSPS) is 11.5. The van der Waals surface area contributed by atoms with Crippen LogP contribution in [-0.2, 0) is 9.47 Å². The third-order valence-corrected chi connectivity index (χ3v) is 2.00. The van der Waals surface area contributed by atoms with Gasteiger partial charge >= 0.3 is 0 Å². The lowest BCUT2D eigenvalue weighted by molar-refractivity contribution is -0.107. The molecule has 0 atom stereocenters. The Balaban J connectivity index is 3.17. The van der Waals surface area contributed by atoms with E-state index in [9.17, 15) is 0 Å². The predicted octanol–water partition coefficient (Wildman–Crippen LogP) is 2.82. The van der Waals surface area contributed by atoms with E-state index < -0.39 is 0 Å². The van der Waals surface area contributed by atoms with E-state index in [-0.39, 0.29) is 6.29 Å². The van der Waals surface area contributed by atoms with Gasteiger partial charge in [0.25, 0.3) is 0 Å². The van der Waals surface area contributed by atoms with Crippen LogP contribution in [0.1, 0.15) is 39.5 Å². The maximum Gasteiger partial charge on any atom is 0.156 e. The van der Waals surface area contributed by atoms with Gasteiger partial charge in [0.05, 0.1) is 0 Å². The standard InChI is InChI=1S/C10H22O2/c1-9(2)7-5-6-8-10(11-3)12-4/h9-10H,5-8H2,1-4H3. The summed E-state index contributed by atoms with van der Waals surface area (Å²) in [6.07, 6.45) is 4.79. The third-order valence-electron chi connectivity index (χ3n) is 2.00. The minimum atomic E-state index is -0.00263. The number of methoxy groups -OCH3 is 2. The molecule has 74 valence electrons. The fourth-order valence-corrected chi connectivity index (χ4v) is 1.20. The molecule has 0 aliphatic heterocycles. The van der Waals surface area contributed by atoms with Crippen LogP contribution in [0.5, 0.6) is 0 Å². The highest BCUT2D eigenvalue weighted by atomic mass is 16.7. The smallest absolute Gasteiger partial charge is 0.156 e. The molecule has 0 N–H and O–H groups in total. The molecule has 0 spiro atoms. The highest BCUT2D eigenvalue weighted by molar-refractivity contribution is 4.49. The second-order valence-corrected chi connectivity index (χ2v) is 3.58. The molecule has 2 heteroatoms. The number of rotatable bonds is 7. The topological polar surface area (TPSA) is 18.5 Å². The van der Waals surface area contributed by atoms with Crippen LogP contribution in [0.2, 0.25) is 0 Å². The van der Waals surface area contributed by atoms with E-state index in [2.05, 4.69) is 13.8 Å². The average Bonchev–Trinajstić information content (AvgIpc) is 2.04. The zero-order chi connectivity index (χ0) is 9.40. The maximum absolute atomic E-state index is 5.08. The molecular weight excluding hydrogens is 152 g/mol. The van der Waals surface area contributed by atoms with Crippen molar-refractivity contribution >= 4 is 0 Å². The van der Waals surface area contributed by atoms with E-state index in [1.54, 1.807) is 14.2 Å². The molecule has 0 saturated heterocycles. The van der Waals surface area contributed by atoms with Gasteiger partial charge < -0.3 is 9.47 Å². The van der Waals surface area contributed by atoms with Crippen molar-refractivity contribution in [3.05, 3.63) is 0 Å². The Kier molecular flexibility index (Phi) is 7.51. The van der Waals surface area contributed by atoms with Crippen molar-refractivity contribution in [2.24, 2.45) is 5.92 Å². The molecule has 12 heavy (non-hydrogen) atoms. The van der Waals surface area contributed by atoms with Gasteiger partial charge in [0, 0.05) is 14.2 Å². The molecule has 0 radical (unpaired) electrons. The SMILES string of the molecule is COC(CCCCC(C)C)OC. The summed E-state index contributed by atoms with van der Waals surface area (Å²) in [7, 11) is 3.38.